The van der Waals surface area contributed by atoms with Crippen LogP contribution in [0.4, 0.5) is 5.69 Å². The Morgan fingerprint density at radius 1 is 1.00 bits per heavy atom. The molecule has 0 radical (unpaired) electrons. The summed E-state index contributed by atoms with van der Waals surface area (Å²) < 4.78 is 38.0. The highest BCUT2D eigenvalue weighted by Gasteiger charge is 2.75. The molecule has 5 aliphatic rings. The third-order valence-electron chi connectivity index (χ3n) is 9.51. The van der Waals surface area contributed by atoms with E-state index in [9.17, 15) is 14.4 Å². The predicted molar refractivity (Wildman–Crippen MR) is 167 cm³/mol. The summed E-state index contributed by atoms with van der Waals surface area (Å²) in [6.07, 6.45) is 0.905. The number of carbonyl (C=O) groups excluding carboxylic acids is 3. The number of amides is 2. The Hall–Kier alpha value is -2.71. The number of nitrogens with zero attached hydrogens (tertiary/aromatic N) is 2. The number of alkyl halides is 1. The lowest BCUT2D eigenvalue weighted by molar-refractivity contribution is -0.194. The molecule has 0 bridgehead atoms. The third kappa shape index (κ3) is 4.56. The molecule has 2 heterocycles. The molecule has 2 saturated heterocycles. The number of likely N-dealkylation sites (N-methyl/N-ethyl adjacent to an activating group) is 1. The van der Waals surface area contributed by atoms with Crippen LogP contribution >= 0.6 is 23.2 Å². The Morgan fingerprint density at radius 3 is 2.17 bits per heavy atom. The molecule has 12 nitrogen and oxygen atoms in total. The van der Waals surface area contributed by atoms with Gasteiger partial charge in [-0.15, -0.1) is 11.6 Å². The number of rotatable bonds is 5. The van der Waals surface area contributed by atoms with Crippen LogP contribution in [0.1, 0.15) is 31.4 Å². The zero-order valence-electron chi connectivity index (χ0n) is 27.0. The van der Waals surface area contributed by atoms with Gasteiger partial charge in [0.05, 0.1) is 50.7 Å². The van der Waals surface area contributed by atoms with Crippen molar-refractivity contribution in [1.29, 1.82) is 0 Å². The first kappa shape index (κ1) is 33.2. The van der Waals surface area contributed by atoms with Gasteiger partial charge in [0.15, 0.2) is 4.87 Å². The van der Waals surface area contributed by atoms with Gasteiger partial charge in [-0.2, -0.15) is 0 Å². The van der Waals surface area contributed by atoms with Gasteiger partial charge in [-0.25, -0.2) is 0 Å². The van der Waals surface area contributed by atoms with Crippen molar-refractivity contribution in [2.75, 3.05) is 66.6 Å². The number of ether oxygens (including phenoxy) is 6. The highest BCUT2D eigenvalue weighted by atomic mass is 35.5. The van der Waals surface area contributed by atoms with E-state index >= 15 is 0 Å². The van der Waals surface area contributed by atoms with Crippen LogP contribution in [-0.4, -0.2) is 101 Å². The van der Waals surface area contributed by atoms with Gasteiger partial charge in [0, 0.05) is 50.2 Å². The van der Waals surface area contributed by atoms with Gasteiger partial charge in [0.1, 0.15) is 11.5 Å². The molecule has 2 amide bonds. The molecule has 2 spiro atoms. The topological polar surface area (TPSA) is 125 Å². The molecular weight excluding hydrogens is 641 g/mol. The second-order valence-electron chi connectivity index (χ2n) is 12.6. The second-order valence-corrected chi connectivity index (χ2v) is 13.6. The Kier molecular flexibility index (Phi) is 8.49. The zero-order valence-corrected chi connectivity index (χ0v) is 28.5. The number of imide groups is 1. The fourth-order valence-corrected chi connectivity index (χ4v) is 9.23. The van der Waals surface area contributed by atoms with Crippen molar-refractivity contribution >= 4 is 46.7 Å². The summed E-state index contributed by atoms with van der Waals surface area (Å²) in [5.74, 6) is -6.07. The maximum atomic E-state index is 13.9. The Balaban J connectivity index is 1.73. The SMILES string of the molecule is COc1ccc(N(C)C)c2c1C1(OCCO1)C1=C(OC(C)=O)[C@@]3(Cl)[C@@H](C[C@@H]1C2)[C@H](N(C)C)C(Cl)=C(C(=O)NC(C)=O)C31OCCO1. The molecule has 4 atom stereocenters. The maximum absolute atomic E-state index is 13.9. The normalized spacial score (nSPS) is 29.0. The molecule has 2 fully saturated rings. The third-order valence-corrected chi connectivity index (χ3v) is 10.6. The Morgan fingerprint density at radius 2 is 1.63 bits per heavy atom. The molecular formula is C32H39Cl2N3O9. The molecule has 6 rings (SSSR count). The number of hydrogen-bond donors (Lipinski definition) is 1. The lowest BCUT2D eigenvalue weighted by Gasteiger charge is -2.59. The van der Waals surface area contributed by atoms with Crippen molar-refractivity contribution in [2.24, 2.45) is 11.8 Å². The predicted octanol–water partition coefficient (Wildman–Crippen LogP) is 2.79. The minimum absolute atomic E-state index is 0.0128. The van der Waals surface area contributed by atoms with Crippen molar-refractivity contribution in [3.05, 3.63) is 45.2 Å². The number of anilines is 1. The van der Waals surface area contributed by atoms with Crippen LogP contribution in [0.5, 0.6) is 5.75 Å². The van der Waals surface area contributed by atoms with Crippen LogP contribution in [0.2, 0.25) is 0 Å². The van der Waals surface area contributed by atoms with Gasteiger partial charge in [-0.05, 0) is 50.6 Å². The highest BCUT2D eigenvalue weighted by molar-refractivity contribution is 6.35. The monoisotopic (exact) mass is 679 g/mol. The fraction of sp³-hybridized carbons (Fsp3) is 0.594. The molecule has 3 aliphatic carbocycles. The quantitative estimate of drug-likeness (QED) is 0.365. The number of hydrogen-bond acceptors (Lipinski definition) is 11. The molecule has 0 saturated carbocycles. The number of esters is 1. The van der Waals surface area contributed by atoms with Crippen LogP contribution in [0.15, 0.2) is 34.1 Å². The largest absolute Gasteiger partial charge is 0.496 e. The second kappa shape index (κ2) is 11.8. The maximum Gasteiger partial charge on any atom is 0.307 e. The average Bonchev–Trinajstić information content (AvgIpc) is 3.65. The minimum atomic E-state index is -2.04. The summed E-state index contributed by atoms with van der Waals surface area (Å²) in [5.41, 5.74) is 2.90. The van der Waals surface area contributed by atoms with Gasteiger partial charge in [-0.3, -0.25) is 19.7 Å². The molecule has 14 heteroatoms. The summed E-state index contributed by atoms with van der Waals surface area (Å²) in [6.45, 7) is 3.09. The number of nitrogens with one attached hydrogen (secondary N) is 1. The van der Waals surface area contributed by atoms with Gasteiger partial charge >= 0.3 is 5.97 Å². The van der Waals surface area contributed by atoms with Crippen molar-refractivity contribution in [3.63, 3.8) is 0 Å². The first-order valence-electron chi connectivity index (χ1n) is 15.2. The lowest BCUT2D eigenvalue weighted by atomic mass is 9.58. The van der Waals surface area contributed by atoms with Crippen molar-refractivity contribution in [3.8, 4) is 5.75 Å². The standard InChI is InChI=1S/C32H39Cl2N3O9/c1-16(38)35-29(40)25-26(33)27(37(5)6)20-15-18-14-19-21(36(3)4)8-9-22(41-7)24(19)31(42-10-11-43-31)23(18)28(46-17(2)39)30(20,34)32(25)44-12-13-45-32/h8-9,18,20,27H,10-15H2,1-7H3,(H,35,38,40)/t18-,20-,27-,30-/m0/s1. The number of carbonyl (C=O) groups is 3. The van der Waals surface area contributed by atoms with Crippen molar-refractivity contribution < 1.29 is 42.8 Å². The van der Waals surface area contributed by atoms with E-state index in [1.54, 1.807) is 7.11 Å². The molecule has 46 heavy (non-hydrogen) atoms. The molecule has 0 aromatic heterocycles. The van der Waals surface area contributed by atoms with Crippen molar-refractivity contribution in [1.82, 2.24) is 10.2 Å². The van der Waals surface area contributed by atoms with E-state index in [1.165, 1.54) is 13.8 Å². The van der Waals surface area contributed by atoms with Gasteiger partial charge in [0.2, 0.25) is 17.5 Å². The van der Waals surface area contributed by atoms with Crippen LogP contribution in [0, 0.1) is 11.8 Å². The van der Waals surface area contributed by atoms with Gasteiger partial charge in [0.25, 0.3) is 5.91 Å². The number of methoxy groups -OCH3 is 1. The summed E-state index contributed by atoms with van der Waals surface area (Å²) in [5, 5.41) is 2.44. The fourth-order valence-electron chi connectivity index (χ4n) is 8.12. The summed E-state index contributed by atoms with van der Waals surface area (Å²) in [7, 11) is 9.14. The van der Waals surface area contributed by atoms with Crippen LogP contribution in [0.25, 0.3) is 0 Å². The van der Waals surface area contributed by atoms with Crippen LogP contribution in [0.3, 0.4) is 0 Å². The minimum Gasteiger partial charge on any atom is -0.496 e. The van der Waals surface area contributed by atoms with E-state index in [4.69, 9.17) is 51.6 Å². The van der Waals surface area contributed by atoms with Gasteiger partial charge < -0.3 is 38.2 Å². The first-order valence-corrected chi connectivity index (χ1v) is 15.9. The summed E-state index contributed by atoms with van der Waals surface area (Å²) in [6, 6.07) is 3.18. The van der Waals surface area contributed by atoms with E-state index in [0.29, 0.717) is 29.7 Å². The molecule has 1 aromatic rings. The molecule has 0 unspecified atom stereocenters. The average molecular weight is 681 g/mol. The molecule has 1 N–H and O–H groups in total. The smallest absolute Gasteiger partial charge is 0.307 e. The van der Waals surface area contributed by atoms with E-state index < -0.39 is 46.2 Å². The molecule has 2 aliphatic heterocycles. The zero-order chi connectivity index (χ0) is 33.3. The van der Waals surface area contributed by atoms with Crippen LogP contribution < -0.4 is 15.0 Å². The lowest BCUT2D eigenvalue weighted by Crippen LogP contribution is -2.70. The van der Waals surface area contributed by atoms with E-state index in [-0.39, 0.29) is 48.7 Å². The highest BCUT2D eigenvalue weighted by Crippen LogP contribution is 2.67. The Bertz CT molecular complexity index is 1540. The molecule has 250 valence electrons. The van der Waals surface area contributed by atoms with Crippen LogP contribution in [-0.2, 0) is 50.3 Å². The molecule has 1 aromatic carbocycles. The van der Waals surface area contributed by atoms with Crippen molar-refractivity contribution in [2.45, 2.75) is 49.2 Å². The van der Waals surface area contributed by atoms with Gasteiger partial charge in [-0.1, -0.05) is 11.6 Å². The van der Waals surface area contributed by atoms with E-state index in [1.807, 2.05) is 50.1 Å². The first-order chi connectivity index (χ1) is 21.7. The Labute approximate surface area is 277 Å². The van der Waals surface area contributed by atoms with E-state index in [2.05, 4.69) is 5.32 Å². The number of benzene rings is 1. The number of fused-ring (bicyclic) bond motifs is 6. The number of halogens is 2. The van der Waals surface area contributed by atoms with E-state index in [0.717, 1.165) is 11.3 Å². The summed E-state index contributed by atoms with van der Waals surface area (Å²) >= 11 is 15.1. The summed E-state index contributed by atoms with van der Waals surface area (Å²) in [4.78, 5) is 41.1.